The van der Waals surface area contributed by atoms with E-state index in [9.17, 15) is 10.1 Å². The second-order valence-corrected chi connectivity index (χ2v) is 8.12. The molecule has 1 aliphatic carbocycles. The molecule has 5 nitrogen and oxygen atoms in total. The van der Waals surface area contributed by atoms with E-state index >= 15 is 0 Å². The van der Waals surface area contributed by atoms with Crippen molar-refractivity contribution in [2.24, 2.45) is 11.8 Å². The highest BCUT2D eigenvalue weighted by Crippen LogP contribution is 2.29. The smallest absolute Gasteiger partial charge is 0.225 e. The number of carbonyl (C=O) groups excluding carboxylic acids is 1. The lowest BCUT2D eigenvalue weighted by Crippen LogP contribution is -2.57. The summed E-state index contributed by atoms with van der Waals surface area (Å²) in [4.78, 5) is 12.4. The predicted octanol–water partition coefficient (Wildman–Crippen LogP) is 2.83. The summed E-state index contributed by atoms with van der Waals surface area (Å²) in [5, 5.41) is 12.7. The van der Waals surface area contributed by atoms with Gasteiger partial charge in [-0.25, -0.2) is 4.59 Å². The first-order chi connectivity index (χ1) is 12.5. The number of hydrogen-bond acceptors (Lipinski definition) is 3. The molecule has 1 aliphatic heterocycles. The van der Waals surface area contributed by atoms with Gasteiger partial charge in [0.25, 0.3) is 0 Å². The van der Waals surface area contributed by atoms with Gasteiger partial charge in [-0.05, 0) is 12.3 Å². The summed E-state index contributed by atoms with van der Waals surface area (Å²) in [6, 6.07) is 12.4. The molecule has 1 saturated heterocycles. The molecule has 0 bridgehead atoms. The summed E-state index contributed by atoms with van der Waals surface area (Å²) in [5.41, 5.74) is 0.294. The summed E-state index contributed by atoms with van der Waals surface area (Å²) in [5.74, 6) is 7.04. The minimum atomic E-state index is -0.857. The summed E-state index contributed by atoms with van der Waals surface area (Å²) in [6.07, 6.45) is 9.45. The summed E-state index contributed by atoms with van der Waals surface area (Å²) >= 11 is 0. The maximum atomic E-state index is 12.4. The van der Waals surface area contributed by atoms with E-state index in [0.717, 1.165) is 12.0 Å². The summed E-state index contributed by atoms with van der Waals surface area (Å²) < 4.78 is 0.292. The van der Waals surface area contributed by atoms with Crippen molar-refractivity contribution in [1.29, 1.82) is 5.26 Å². The van der Waals surface area contributed by atoms with Gasteiger partial charge in [0.2, 0.25) is 5.91 Å². The molecule has 2 aliphatic rings. The topological polar surface area (TPSA) is 78.9 Å². The van der Waals surface area contributed by atoms with Crippen LogP contribution in [0.2, 0.25) is 0 Å². The summed E-state index contributed by atoms with van der Waals surface area (Å²) in [6.45, 7) is 1.80. The molecular formula is C21H30N4O+. The second-order valence-electron chi connectivity index (χ2n) is 8.12. The fourth-order valence-electron chi connectivity index (χ4n) is 4.40. The Hall–Kier alpha value is -1.90. The third kappa shape index (κ3) is 4.84. The Morgan fingerprint density at radius 2 is 2.04 bits per heavy atom. The number of amides is 1. The molecule has 1 aromatic rings. The lowest BCUT2D eigenvalue weighted by atomic mass is 9.86. The van der Waals surface area contributed by atoms with Crippen molar-refractivity contribution in [1.82, 2.24) is 5.32 Å². The Bertz CT molecular complexity index is 650. The molecule has 3 rings (SSSR count). The van der Waals surface area contributed by atoms with Crippen LogP contribution in [-0.2, 0) is 11.3 Å². The Balaban J connectivity index is 1.54. The van der Waals surface area contributed by atoms with Crippen molar-refractivity contribution >= 4 is 5.91 Å². The van der Waals surface area contributed by atoms with Gasteiger partial charge >= 0.3 is 0 Å². The first-order valence-corrected chi connectivity index (χ1v) is 9.78. The van der Waals surface area contributed by atoms with Gasteiger partial charge in [-0.3, -0.25) is 4.79 Å². The van der Waals surface area contributed by atoms with Crippen molar-refractivity contribution in [3.05, 3.63) is 42.3 Å². The maximum absolute atomic E-state index is 12.4. The third-order valence-corrected chi connectivity index (χ3v) is 5.85. The van der Waals surface area contributed by atoms with Gasteiger partial charge in [-0.2, -0.15) is 11.1 Å². The lowest BCUT2D eigenvalue weighted by molar-refractivity contribution is -0.942. The van der Waals surface area contributed by atoms with Crippen LogP contribution in [0.15, 0.2) is 30.3 Å². The van der Waals surface area contributed by atoms with Gasteiger partial charge in [0.1, 0.15) is 13.1 Å². The van der Waals surface area contributed by atoms with E-state index in [0.29, 0.717) is 36.6 Å². The monoisotopic (exact) mass is 354 g/mol. The lowest BCUT2D eigenvalue weighted by Gasteiger charge is -2.30. The number of nitrogens with one attached hydrogen (secondary N) is 1. The highest BCUT2D eigenvalue weighted by atomic mass is 16.1. The minimum absolute atomic E-state index is 0.120. The number of hydrogen-bond donors (Lipinski definition) is 2. The molecule has 0 aromatic heterocycles. The number of rotatable bonds is 6. The molecule has 1 heterocycles. The van der Waals surface area contributed by atoms with Crippen LogP contribution < -0.4 is 11.2 Å². The van der Waals surface area contributed by atoms with Crippen LogP contribution in [0, 0.1) is 23.7 Å². The predicted molar refractivity (Wildman–Crippen MR) is 101 cm³/mol. The molecule has 5 heteroatoms. The van der Waals surface area contributed by atoms with Crippen LogP contribution in [-0.4, -0.2) is 29.1 Å². The van der Waals surface area contributed by atoms with Gasteiger partial charge in [-0.15, -0.1) is 0 Å². The van der Waals surface area contributed by atoms with Crippen LogP contribution in [0.5, 0.6) is 0 Å². The molecule has 1 amide bonds. The average Bonchev–Trinajstić information content (AvgIpc) is 2.98. The number of quaternary nitrogens is 1. The van der Waals surface area contributed by atoms with Crippen molar-refractivity contribution in [3.8, 4) is 6.07 Å². The first-order valence-electron chi connectivity index (χ1n) is 9.78. The quantitative estimate of drug-likeness (QED) is 0.609. The second kappa shape index (κ2) is 8.20. The molecule has 26 heavy (non-hydrogen) atoms. The zero-order chi connectivity index (χ0) is 18.5. The van der Waals surface area contributed by atoms with E-state index in [2.05, 4.69) is 23.5 Å². The molecule has 2 atom stereocenters. The van der Waals surface area contributed by atoms with Crippen molar-refractivity contribution in [3.63, 3.8) is 0 Å². The zero-order valence-corrected chi connectivity index (χ0v) is 15.5. The highest BCUT2D eigenvalue weighted by Gasteiger charge is 2.49. The largest absolute Gasteiger partial charge is 0.333 e. The molecule has 2 fully saturated rings. The Labute approximate surface area is 156 Å². The van der Waals surface area contributed by atoms with Gasteiger partial charge in [0.15, 0.2) is 5.54 Å². The molecule has 2 unspecified atom stereocenters. The normalized spacial score (nSPS) is 29.2. The third-order valence-electron chi connectivity index (χ3n) is 5.85. The van der Waals surface area contributed by atoms with E-state index in [-0.39, 0.29) is 5.91 Å². The van der Waals surface area contributed by atoms with Crippen LogP contribution in [0.4, 0.5) is 0 Å². The van der Waals surface area contributed by atoms with E-state index < -0.39 is 5.54 Å². The van der Waals surface area contributed by atoms with Crippen LogP contribution >= 0.6 is 0 Å². The van der Waals surface area contributed by atoms with E-state index in [1.807, 2.05) is 18.2 Å². The molecular weight excluding hydrogens is 324 g/mol. The van der Waals surface area contributed by atoms with Gasteiger partial charge in [0.05, 0.1) is 12.6 Å². The number of likely N-dealkylation sites (tertiary alicyclic amines) is 1. The summed E-state index contributed by atoms with van der Waals surface area (Å²) in [7, 11) is 0. The van der Waals surface area contributed by atoms with E-state index in [4.69, 9.17) is 5.84 Å². The molecule has 1 radical (unpaired) electrons. The van der Waals surface area contributed by atoms with Gasteiger partial charge in [0, 0.05) is 18.4 Å². The minimum Gasteiger partial charge on any atom is -0.333 e. The molecule has 139 valence electrons. The first kappa shape index (κ1) is 18.9. The highest BCUT2D eigenvalue weighted by molar-refractivity contribution is 5.85. The van der Waals surface area contributed by atoms with Crippen molar-refractivity contribution < 1.29 is 9.39 Å². The molecule has 1 saturated carbocycles. The number of benzene rings is 1. The van der Waals surface area contributed by atoms with Gasteiger partial charge < -0.3 is 5.32 Å². The SMILES string of the molecule is N#CC1(NC(=O)[CH]CC2CCCCC2)CC[N+](N)(Cc2ccccc2)C1. The molecule has 3 N–H and O–H groups in total. The van der Waals surface area contributed by atoms with Crippen molar-refractivity contribution in [2.45, 2.75) is 57.0 Å². The van der Waals surface area contributed by atoms with Gasteiger partial charge in [-0.1, -0.05) is 62.4 Å². The molecule has 1 aromatic carbocycles. The Kier molecular flexibility index (Phi) is 5.95. The van der Waals surface area contributed by atoms with E-state index in [1.54, 1.807) is 6.42 Å². The van der Waals surface area contributed by atoms with Crippen molar-refractivity contribution in [2.75, 3.05) is 13.1 Å². The number of nitrogens with two attached hydrogens (primary N) is 1. The Morgan fingerprint density at radius 1 is 1.31 bits per heavy atom. The number of nitriles is 1. The average molecular weight is 354 g/mol. The van der Waals surface area contributed by atoms with Crippen LogP contribution in [0.3, 0.4) is 0 Å². The molecule has 0 spiro atoms. The fourth-order valence-corrected chi connectivity index (χ4v) is 4.40. The number of nitrogens with zero attached hydrogens (tertiary/aromatic N) is 2. The number of carbonyl (C=O) groups is 1. The Morgan fingerprint density at radius 3 is 2.73 bits per heavy atom. The standard InChI is InChI=1S/C21H29N4O/c22-16-21(24-20(26)12-11-18-7-3-1-4-8-18)13-14-25(23,17-21)15-19-9-5-2-6-10-19/h2,5-6,9-10,12,18H,1,3-4,7-8,11,13-15,17,23H2/p+1. The zero-order valence-electron chi connectivity index (χ0n) is 15.5. The van der Waals surface area contributed by atoms with Crippen LogP contribution in [0.1, 0.15) is 50.5 Å². The fraction of sp³-hybridized carbons (Fsp3) is 0.571. The van der Waals surface area contributed by atoms with E-state index in [1.165, 1.54) is 32.1 Å². The van der Waals surface area contributed by atoms with Crippen LogP contribution in [0.25, 0.3) is 0 Å². The maximum Gasteiger partial charge on any atom is 0.225 e.